The number of halogens is 2. The number of alkyl halides is 1. The molecule has 4 nitrogen and oxygen atoms in total. The van der Waals surface area contributed by atoms with Crippen molar-refractivity contribution in [2.75, 3.05) is 16.5 Å². The summed E-state index contributed by atoms with van der Waals surface area (Å²) in [4.78, 5) is 13.1. The van der Waals surface area contributed by atoms with Gasteiger partial charge in [0.1, 0.15) is 11.7 Å². The Kier molecular flexibility index (Phi) is 3.91. The van der Waals surface area contributed by atoms with E-state index in [1.54, 1.807) is 0 Å². The fraction of sp³-hybridized carbons (Fsp3) is 0.250. The number of anilines is 1. The largest absolute Gasteiger partial charge is 0.303 e. The van der Waals surface area contributed by atoms with Gasteiger partial charge in [-0.15, -0.1) is 11.6 Å². The molecule has 0 N–H and O–H groups in total. The van der Waals surface area contributed by atoms with Gasteiger partial charge in [0.2, 0.25) is 5.91 Å². The number of carbonyl (C=O) groups excluding carboxylic acids is 1. The molecule has 0 aliphatic carbocycles. The molecule has 7 heteroatoms. The van der Waals surface area contributed by atoms with E-state index in [0.717, 1.165) is 5.41 Å². The first-order valence-electron chi connectivity index (χ1n) is 5.47. The van der Waals surface area contributed by atoms with E-state index in [-0.39, 0.29) is 11.6 Å². The van der Waals surface area contributed by atoms with Gasteiger partial charge >= 0.3 is 0 Å². The van der Waals surface area contributed by atoms with E-state index in [1.165, 1.54) is 35.2 Å². The second-order valence-electron chi connectivity index (χ2n) is 4.10. The maximum Gasteiger partial charge on any atom is 0.242 e. The predicted octanol–water partition coefficient (Wildman–Crippen LogP) is 1.71. The van der Waals surface area contributed by atoms with Gasteiger partial charge in [0.25, 0.3) is 0 Å². The summed E-state index contributed by atoms with van der Waals surface area (Å²) in [5.74, 6) is -1.33. The minimum atomic E-state index is -3.29. The van der Waals surface area contributed by atoms with Crippen LogP contribution in [0.15, 0.2) is 35.7 Å². The fourth-order valence-electron chi connectivity index (χ4n) is 1.91. The van der Waals surface area contributed by atoms with Crippen LogP contribution in [0.3, 0.4) is 0 Å². The molecular formula is C12H11ClFNO3S. The summed E-state index contributed by atoms with van der Waals surface area (Å²) in [7, 11) is -3.29. The summed E-state index contributed by atoms with van der Waals surface area (Å²) in [6.45, 7) is 0. The van der Waals surface area contributed by atoms with Crippen LogP contribution >= 0.6 is 11.6 Å². The van der Waals surface area contributed by atoms with E-state index in [1.807, 2.05) is 0 Å². The molecule has 0 aromatic heterocycles. The number of hydrogen-bond acceptors (Lipinski definition) is 3. The second-order valence-corrected chi connectivity index (χ2v) is 6.30. The first kappa shape index (κ1) is 14.0. The molecule has 1 atom stereocenters. The SMILES string of the molecule is O=C(CCl)N(c1ccc(F)cc1)[C@@H]1C=CS(=O)(=O)C1. The van der Waals surface area contributed by atoms with Crippen LogP contribution in [0.5, 0.6) is 0 Å². The van der Waals surface area contributed by atoms with Crippen molar-refractivity contribution in [3.8, 4) is 0 Å². The Balaban J connectivity index is 2.35. The van der Waals surface area contributed by atoms with Crippen molar-refractivity contribution in [2.24, 2.45) is 0 Å². The summed E-state index contributed by atoms with van der Waals surface area (Å²) >= 11 is 5.54. The first-order valence-corrected chi connectivity index (χ1v) is 7.72. The van der Waals surface area contributed by atoms with Gasteiger partial charge < -0.3 is 4.90 Å². The number of benzene rings is 1. The molecular weight excluding hydrogens is 293 g/mol. The van der Waals surface area contributed by atoms with Crippen molar-refractivity contribution < 1.29 is 17.6 Å². The number of carbonyl (C=O) groups is 1. The Labute approximate surface area is 115 Å². The quantitative estimate of drug-likeness (QED) is 0.799. The Bertz CT molecular complexity index is 612. The minimum Gasteiger partial charge on any atom is -0.303 e. The maximum atomic E-state index is 12.9. The van der Waals surface area contributed by atoms with Crippen LogP contribution in [0.4, 0.5) is 10.1 Å². The summed E-state index contributed by atoms with van der Waals surface area (Å²) in [5, 5.41) is 1.08. The molecule has 1 heterocycles. The van der Waals surface area contributed by atoms with Gasteiger partial charge in [0, 0.05) is 11.1 Å². The highest BCUT2D eigenvalue weighted by Crippen LogP contribution is 2.23. The molecule has 0 radical (unpaired) electrons. The fourth-order valence-corrected chi connectivity index (χ4v) is 3.30. The molecule has 19 heavy (non-hydrogen) atoms. The van der Waals surface area contributed by atoms with Crippen LogP contribution in [0.2, 0.25) is 0 Å². The lowest BCUT2D eigenvalue weighted by molar-refractivity contribution is -0.116. The summed E-state index contributed by atoms with van der Waals surface area (Å²) in [5.41, 5.74) is 0.416. The van der Waals surface area contributed by atoms with Crippen molar-refractivity contribution in [3.05, 3.63) is 41.6 Å². The average Bonchev–Trinajstić information content (AvgIpc) is 2.72. The van der Waals surface area contributed by atoms with Gasteiger partial charge in [0.05, 0.1) is 11.8 Å². The molecule has 1 aromatic carbocycles. The van der Waals surface area contributed by atoms with E-state index in [4.69, 9.17) is 11.6 Å². The molecule has 1 aliphatic heterocycles. The number of sulfone groups is 1. The van der Waals surface area contributed by atoms with Crippen molar-refractivity contribution >= 4 is 33.0 Å². The van der Waals surface area contributed by atoms with Crippen molar-refractivity contribution in [1.82, 2.24) is 0 Å². The molecule has 2 rings (SSSR count). The number of nitrogens with zero attached hydrogens (tertiary/aromatic N) is 1. The van der Waals surface area contributed by atoms with E-state index in [2.05, 4.69) is 0 Å². The van der Waals surface area contributed by atoms with Gasteiger partial charge in [-0.1, -0.05) is 0 Å². The smallest absolute Gasteiger partial charge is 0.242 e. The van der Waals surface area contributed by atoms with Crippen molar-refractivity contribution in [3.63, 3.8) is 0 Å². The molecule has 102 valence electrons. The molecule has 0 bridgehead atoms. The first-order chi connectivity index (χ1) is 8.93. The molecule has 1 aromatic rings. The normalized spacial score (nSPS) is 20.4. The van der Waals surface area contributed by atoms with Crippen LogP contribution in [-0.2, 0) is 14.6 Å². The van der Waals surface area contributed by atoms with Crippen LogP contribution in [0.25, 0.3) is 0 Å². The average molecular weight is 304 g/mol. The zero-order chi connectivity index (χ0) is 14.0. The molecule has 1 aliphatic rings. The Morgan fingerprint density at radius 2 is 2.00 bits per heavy atom. The second kappa shape index (κ2) is 5.30. The van der Waals surface area contributed by atoms with Crippen LogP contribution in [-0.4, -0.2) is 32.0 Å². The molecule has 0 fully saturated rings. The van der Waals surface area contributed by atoms with Crippen LogP contribution < -0.4 is 4.90 Å². The molecule has 0 unspecified atom stereocenters. The third kappa shape index (κ3) is 3.13. The van der Waals surface area contributed by atoms with E-state index in [9.17, 15) is 17.6 Å². The van der Waals surface area contributed by atoms with E-state index >= 15 is 0 Å². The number of rotatable bonds is 3. The summed E-state index contributed by atoms with van der Waals surface area (Å²) in [6, 6.07) is 4.63. The van der Waals surface area contributed by atoms with Crippen molar-refractivity contribution in [2.45, 2.75) is 6.04 Å². The highest BCUT2D eigenvalue weighted by Gasteiger charge is 2.30. The predicted molar refractivity (Wildman–Crippen MR) is 71.3 cm³/mol. The summed E-state index contributed by atoms with van der Waals surface area (Å²) in [6.07, 6.45) is 1.43. The van der Waals surface area contributed by atoms with Crippen LogP contribution in [0.1, 0.15) is 0 Å². The van der Waals surface area contributed by atoms with Gasteiger partial charge in [-0.25, -0.2) is 12.8 Å². The third-order valence-electron chi connectivity index (χ3n) is 2.73. The highest BCUT2D eigenvalue weighted by molar-refractivity contribution is 7.94. The Morgan fingerprint density at radius 1 is 1.37 bits per heavy atom. The topological polar surface area (TPSA) is 54.5 Å². The van der Waals surface area contributed by atoms with Gasteiger partial charge in [-0.05, 0) is 30.3 Å². The molecule has 0 saturated carbocycles. The Hall–Kier alpha value is -1.40. The van der Waals surface area contributed by atoms with E-state index < -0.39 is 27.6 Å². The van der Waals surface area contributed by atoms with Gasteiger partial charge in [-0.3, -0.25) is 4.79 Å². The zero-order valence-corrected chi connectivity index (χ0v) is 11.4. The number of amides is 1. The lowest BCUT2D eigenvalue weighted by atomic mass is 10.2. The van der Waals surface area contributed by atoms with Crippen LogP contribution in [0, 0.1) is 5.82 Å². The zero-order valence-electron chi connectivity index (χ0n) is 9.79. The molecule has 0 saturated heterocycles. The third-order valence-corrected chi connectivity index (χ3v) is 4.34. The highest BCUT2D eigenvalue weighted by atomic mass is 35.5. The van der Waals surface area contributed by atoms with Gasteiger partial charge in [0.15, 0.2) is 9.84 Å². The lowest BCUT2D eigenvalue weighted by Gasteiger charge is -2.26. The summed E-state index contributed by atoms with van der Waals surface area (Å²) < 4.78 is 35.7. The molecule has 1 amide bonds. The lowest BCUT2D eigenvalue weighted by Crippen LogP contribution is -2.42. The maximum absolute atomic E-state index is 12.9. The van der Waals surface area contributed by atoms with Crippen molar-refractivity contribution in [1.29, 1.82) is 0 Å². The van der Waals surface area contributed by atoms with E-state index in [0.29, 0.717) is 5.69 Å². The number of hydrogen-bond donors (Lipinski definition) is 0. The van der Waals surface area contributed by atoms with Gasteiger partial charge in [-0.2, -0.15) is 0 Å². The molecule has 0 spiro atoms. The minimum absolute atomic E-state index is 0.187. The standard InChI is InChI=1S/C12H11ClFNO3S/c13-7-12(16)15(10-3-1-9(14)2-4-10)11-5-6-19(17,18)8-11/h1-6,11H,7-8H2/t11-/m1/s1. The Morgan fingerprint density at radius 3 is 2.47 bits per heavy atom. The monoisotopic (exact) mass is 303 g/mol.